The maximum Gasteiger partial charge on any atom is 0.259 e. The highest BCUT2D eigenvalue weighted by Gasteiger charge is 2.11. The molecule has 0 spiro atoms. The lowest BCUT2D eigenvalue weighted by Crippen LogP contribution is -2.15. The fourth-order valence-corrected chi connectivity index (χ4v) is 2.06. The van der Waals surface area contributed by atoms with Crippen molar-refractivity contribution in [2.45, 2.75) is 6.92 Å². The summed E-state index contributed by atoms with van der Waals surface area (Å²) < 4.78 is 0.920. The molecule has 2 aromatic rings. The fourth-order valence-electron chi connectivity index (χ4n) is 1.66. The zero-order chi connectivity index (χ0) is 13.7. The summed E-state index contributed by atoms with van der Waals surface area (Å²) in [4.78, 5) is 16.4. The maximum atomic E-state index is 12.2. The predicted molar refractivity (Wildman–Crippen MR) is 80.5 cm³/mol. The lowest BCUT2D eigenvalue weighted by Gasteiger charge is -2.10. The van der Waals surface area contributed by atoms with Crippen LogP contribution in [0, 0.1) is 0 Å². The first-order valence-corrected chi connectivity index (χ1v) is 6.76. The van der Waals surface area contributed by atoms with E-state index in [9.17, 15) is 4.79 Å². The number of hydrogen-bond acceptors (Lipinski definition) is 3. The van der Waals surface area contributed by atoms with Gasteiger partial charge < -0.3 is 10.6 Å². The van der Waals surface area contributed by atoms with Crippen LogP contribution in [-0.4, -0.2) is 17.4 Å². The second kappa shape index (κ2) is 6.33. The van der Waals surface area contributed by atoms with Crippen LogP contribution in [0.5, 0.6) is 0 Å². The van der Waals surface area contributed by atoms with Gasteiger partial charge in [0, 0.05) is 22.9 Å². The number of nitrogens with one attached hydrogen (secondary N) is 2. The Morgan fingerprint density at radius 1 is 1.32 bits per heavy atom. The number of benzene rings is 1. The monoisotopic (exact) mass is 319 g/mol. The number of halogens is 1. The lowest BCUT2D eigenvalue weighted by molar-refractivity contribution is 0.102. The topological polar surface area (TPSA) is 54.0 Å². The number of rotatable bonds is 4. The Kier molecular flexibility index (Phi) is 4.52. The molecule has 0 fully saturated rings. The van der Waals surface area contributed by atoms with E-state index in [2.05, 4.69) is 31.5 Å². The minimum absolute atomic E-state index is 0.179. The molecule has 0 aliphatic heterocycles. The number of carbonyl (C=O) groups is 1. The van der Waals surface area contributed by atoms with E-state index in [1.165, 1.54) is 0 Å². The molecule has 2 N–H and O–H groups in total. The molecule has 98 valence electrons. The average molecular weight is 320 g/mol. The van der Waals surface area contributed by atoms with Gasteiger partial charge in [-0.05, 0) is 37.3 Å². The SMILES string of the molecule is CCNc1ncccc1C(=O)Nc1cccc(Br)c1. The molecule has 0 aliphatic carbocycles. The van der Waals surface area contributed by atoms with Gasteiger partial charge in [-0.2, -0.15) is 0 Å². The third-order valence-electron chi connectivity index (χ3n) is 2.48. The normalized spacial score (nSPS) is 10.0. The number of aromatic nitrogens is 1. The van der Waals surface area contributed by atoms with Crippen molar-refractivity contribution in [3.05, 3.63) is 52.6 Å². The fraction of sp³-hybridized carbons (Fsp3) is 0.143. The molecule has 0 bridgehead atoms. The first kappa shape index (κ1) is 13.5. The summed E-state index contributed by atoms with van der Waals surface area (Å²) in [5, 5.41) is 5.92. The van der Waals surface area contributed by atoms with Gasteiger partial charge in [-0.25, -0.2) is 4.98 Å². The molecule has 0 aliphatic rings. The van der Waals surface area contributed by atoms with Gasteiger partial charge in [0.1, 0.15) is 5.82 Å². The Morgan fingerprint density at radius 2 is 2.16 bits per heavy atom. The van der Waals surface area contributed by atoms with Gasteiger partial charge in [-0.1, -0.05) is 22.0 Å². The third kappa shape index (κ3) is 3.54. The summed E-state index contributed by atoms with van der Waals surface area (Å²) in [5.74, 6) is 0.416. The molecule has 19 heavy (non-hydrogen) atoms. The molecule has 2 rings (SSSR count). The predicted octanol–water partition coefficient (Wildman–Crippen LogP) is 3.53. The Balaban J connectivity index is 2.20. The van der Waals surface area contributed by atoms with Crippen LogP contribution < -0.4 is 10.6 Å². The zero-order valence-corrected chi connectivity index (χ0v) is 12.1. The summed E-state index contributed by atoms with van der Waals surface area (Å²) >= 11 is 3.37. The third-order valence-corrected chi connectivity index (χ3v) is 2.97. The summed E-state index contributed by atoms with van der Waals surface area (Å²) in [6.07, 6.45) is 1.66. The van der Waals surface area contributed by atoms with E-state index in [-0.39, 0.29) is 5.91 Å². The summed E-state index contributed by atoms with van der Waals surface area (Å²) in [6, 6.07) is 11.0. The quantitative estimate of drug-likeness (QED) is 0.906. The van der Waals surface area contributed by atoms with Crippen molar-refractivity contribution in [2.75, 3.05) is 17.2 Å². The minimum Gasteiger partial charge on any atom is -0.370 e. The Hall–Kier alpha value is -1.88. The van der Waals surface area contributed by atoms with Gasteiger partial charge in [0.2, 0.25) is 0 Å². The van der Waals surface area contributed by atoms with E-state index < -0.39 is 0 Å². The number of pyridine rings is 1. The van der Waals surface area contributed by atoms with Gasteiger partial charge in [0.25, 0.3) is 5.91 Å². The van der Waals surface area contributed by atoms with Gasteiger partial charge in [-0.15, -0.1) is 0 Å². The van der Waals surface area contributed by atoms with Crippen LogP contribution in [0.2, 0.25) is 0 Å². The number of nitrogens with zero attached hydrogens (tertiary/aromatic N) is 1. The van der Waals surface area contributed by atoms with Crippen LogP contribution >= 0.6 is 15.9 Å². The average Bonchev–Trinajstić information content (AvgIpc) is 2.39. The number of anilines is 2. The Bertz CT molecular complexity index is 586. The molecule has 1 amide bonds. The molecule has 4 nitrogen and oxygen atoms in total. The number of hydrogen-bond donors (Lipinski definition) is 2. The smallest absolute Gasteiger partial charge is 0.259 e. The van der Waals surface area contributed by atoms with Crippen LogP contribution in [-0.2, 0) is 0 Å². The highest BCUT2D eigenvalue weighted by atomic mass is 79.9. The van der Waals surface area contributed by atoms with E-state index in [0.29, 0.717) is 17.9 Å². The molecule has 0 radical (unpaired) electrons. The zero-order valence-electron chi connectivity index (χ0n) is 10.5. The van der Waals surface area contributed by atoms with Gasteiger partial charge in [0.15, 0.2) is 0 Å². The molecule has 5 heteroatoms. The molecule has 1 aromatic heterocycles. The largest absolute Gasteiger partial charge is 0.370 e. The molecular weight excluding hydrogens is 306 g/mol. The van der Waals surface area contributed by atoms with Gasteiger partial charge in [0.05, 0.1) is 5.56 Å². The second-order valence-electron chi connectivity index (χ2n) is 3.89. The minimum atomic E-state index is -0.179. The van der Waals surface area contributed by atoms with Crippen molar-refractivity contribution in [1.29, 1.82) is 0 Å². The lowest BCUT2D eigenvalue weighted by atomic mass is 10.2. The molecule has 1 aromatic carbocycles. The summed E-state index contributed by atoms with van der Waals surface area (Å²) in [5.41, 5.74) is 1.27. The van der Waals surface area contributed by atoms with Crippen molar-refractivity contribution < 1.29 is 4.79 Å². The van der Waals surface area contributed by atoms with Crippen molar-refractivity contribution in [2.24, 2.45) is 0 Å². The van der Waals surface area contributed by atoms with Crippen LogP contribution in [0.3, 0.4) is 0 Å². The van der Waals surface area contributed by atoms with Crippen molar-refractivity contribution >= 4 is 33.3 Å². The Morgan fingerprint density at radius 3 is 2.89 bits per heavy atom. The van der Waals surface area contributed by atoms with Crippen LogP contribution in [0.1, 0.15) is 17.3 Å². The maximum absolute atomic E-state index is 12.2. The molecular formula is C14H14BrN3O. The van der Waals surface area contributed by atoms with Gasteiger partial charge >= 0.3 is 0 Å². The molecule has 0 saturated carbocycles. The van der Waals surface area contributed by atoms with E-state index in [1.807, 2.05) is 31.2 Å². The summed E-state index contributed by atoms with van der Waals surface area (Å²) in [6.45, 7) is 2.68. The second-order valence-corrected chi connectivity index (χ2v) is 4.81. The first-order valence-electron chi connectivity index (χ1n) is 5.96. The van der Waals surface area contributed by atoms with Gasteiger partial charge in [-0.3, -0.25) is 4.79 Å². The van der Waals surface area contributed by atoms with Crippen molar-refractivity contribution in [3.63, 3.8) is 0 Å². The molecule has 0 atom stereocenters. The highest BCUT2D eigenvalue weighted by molar-refractivity contribution is 9.10. The highest BCUT2D eigenvalue weighted by Crippen LogP contribution is 2.18. The van der Waals surface area contributed by atoms with Crippen LogP contribution in [0.15, 0.2) is 47.1 Å². The number of carbonyl (C=O) groups excluding carboxylic acids is 1. The molecule has 1 heterocycles. The standard InChI is InChI=1S/C14H14BrN3O/c1-2-16-13-12(7-4-8-17-13)14(19)18-11-6-3-5-10(15)9-11/h3-9H,2H2,1H3,(H,16,17)(H,18,19). The summed E-state index contributed by atoms with van der Waals surface area (Å²) in [7, 11) is 0. The molecule has 0 saturated heterocycles. The van der Waals surface area contributed by atoms with Crippen molar-refractivity contribution in [3.8, 4) is 0 Å². The van der Waals surface area contributed by atoms with Crippen LogP contribution in [0.25, 0.3) is 0 Å². The number of amides is 1. The first-order chi connectivity index (χ1) is 9.20. The van der Waals surface area contributed by atoms with E-state index >= 15 is 0 Å². The Labute approximate surface area is 120 Å². The van der Waals surface area contributed by atoms with E-state index in [0.717, 1.165) is 10.2 Å². The van der Waals surface area contributed by atoms with Crippen molar-refractivity contribution in [1.82, 2.24) is 4.98 Å². The van der Waals surface area contributed by atoms with E-state index in [4.69, 9.17) is 0 Å². The van der Waals surface area contributed by atoms with E-state index in [1.54, 1.807) is 18.3 Å². The van der Waals surface area contributed by atoms with Crippen LogP contribution in [0.4, 0.5) is 11.5 Å². The molecule has 0 unspecified atom stereocenters.